The summed E-state index contributed by atoms with van der Waals surface area (Å²) >= 11 is 5.98. The molecule has 112 valence electrons. The van der Waals surface area contributed by atoms with Gasteiger partial charge in [0.2, 0.25) is 0 Å². The zero-order valence-electron chi connectivity index (χ0n) is 12.3. The van der Waals surface area contributed by atoms with Gasteiger partial charge in [-0.3, -0.25) is 0 Å². The number of hydrogen-bond acceptors (Lipinski definition) is 1. The molecule has 0 fully saturated rings. The van der Waals surface area contributed by atoms with E-state index in [0.29, 0.717) is 22.9 Å². The van der Waals surface area contributed by atoms with E-state index in [-0.39, 0.29) is 5.82 Å². The van der Waals surface area contributed by atoms with Crippen molar-refractivity contribution in [2.24, 2.45) is 5.92 Å². The minimum atomic E-state index is -0.172. The monoisotopic (exact) mass is 305 g/mol. The van der Waals surface area contributed by atoms with Crippen molar-refractivity contribution in [2.45, 2.75) is 19.8 Å². The first-order valence-electron chi connectivity index (χ1n) is 7.37. The molecule has 0 saturated carbocycles. The van der Waals surface area contributed by atoms with Crippen molar-refractivity contribution in [2.75, 3.05) is 13.1 Å². The van der Waals surface area contributed by atoms with E-state index in [2.05, 4.69) is 24.4 Å². The van der Waals surface area contributed by atoms with Crippen molar-refractivity contribution >= 4 is 11.6 Å². The second kappa shape index (κ2) is 8.16. The Morgan fingerprint density at radius 1 is 1.10 bits per heavy atom. The van der Waals surface area contributed by atoms with Gasteiger partial charge in [-0.15, -0.1) is 0 Å². The van der Waals surface area contributed by atoms with E-state index >= 15 is 0 Å². The summed E-state index contributed by atoms with van der Waals surface area (Å²) in [6.07, 6.45) is 1.62. The molecule has 1 unspecified atom stereocenters. The maximum atomic E-state index is 13.9. The lowest BCUT2D eigenvalue weighted by atomic mass is 9.92. The van der Waals surface area contributed by atoms with Crippen LogP contribution >= 0.6 is 11.6 Å². The van der Waals surface area contributed by atoms with Gasteiger partial charge in [0.1, 0.15) is 5.82 Å². The van der Waals surface area contributed by atoms with Crippen LogP contribution in [0.25, 0.3) is 0 Å². The van der Waals surface area contributed by atoms with E-state index in [4.69, 9.17) is 11.6 Å². The van der Waals surface area contributed by atoms with Crippen LogP contribution in [0.3, 0.4) is 0 Å². The van der Waals surface area contributed by atoms with E-state index < -0.39 is 0 Å². The fraction of sp³-hybridized carbons (Fsp3) is 0.333. The molecule has 0 amide bonds. The van der Waals surface area contributed by atoms with Crippen LogP contribution in [0.2, 0.25) is 5.02 Å². The summed E-state index contributed by atoms with van der Waals surface area (Å²) in [7, 11) is 0. The fourth-order valence-corrected chi connectivity index (χ4v) is 2.72. The Kier molecular flexibility index (Phi) is 6.21. The quantitative estimate of drug-likeness (QED) is 0.794. The second-order valence-corrected chi connectivity index (χ2v) is 5.74. The molecule has 0 saturated heterocycles. The molecule has 0 aliphatic rings. The summed E-state index contributed by atoms with van der Waals surface area (Å²) in [4.78, 5) is 0. The minimum absolute atomic E-state index is 0.172. The summed E-state index contributed by atoms with van der Waals surface area (Å²) in [5.74, 6) is 0.175. The Morgan fingerprint density at radius 2 is 1.86 bits per heavy atom. The van der Waals surface area contributed by atoms with Gasteiger partial charge in [0.25, 0.3) is 0 Å². The average molecular weight is 306 g/mol. The molecule has 0 aromatic heterocycles. The van der Waals surface area contributed by atoms with Gasteiger partial charge in [-0.1, -0.05) is 48.9 Å². The van der Waals surface area contributed by atoms with Crippen LogP contribution in [-0.2, 0) is 12.8 Å². The van der Waals surface area contributed by atoms with Crippen molar-refractivity contribution in [1.29, 1.82) is 0 Å². The lowest BCUT2D eigenvalue weighted by Gasteiger charge is -2.18. The third kappa shape index (κ3) is 5.14. The number of benzene rings is 2. The predicted molar refractivity (Wildman–Crippen MR) is 87.3 cm³/mol. The molecule has 2 aromatic carbocycles. The number of nitrogens with one attached hydrogen (secondary N) is 1. The largest absolute Gasteiger partial charge is 0.317 e. The molecule has 21 heavy (non-hydrogen) atoms. The first kappa shape index (κ1) is 16.0. The number of hydrogen-bond donors (Lipinski definition) is 1. The molecule has 1 N–H and O–H groups in total. The zero-order valence-corrected chi connectivity index (χ0v) is 13.0. The van der Waals surface area contributed by atoms with Crippen LogP contribution in [0.4, 0.5) is 4.39 Å². The Bertz CT molecular complexity index is 556. The van der Waals surface area contributed by atoms with Crippen molar-refractivity contribution in [3.8, 4) is 0 Å². The maximum absolute atomic E-state index is 13.9. The van der Waals surface area contributed by atoms with Crippen LogP contribution in [0, 0.1) is 11.7 Å². The molecule has 0 heterocycles. The molecule has 1 nitrogen and oxygen atoms in total. The van der Waals surface area contributed by atoms with Gasteiger partial charge >= 0.3 is 0 Å². The van der Waals surface area contributed by atoms with E-state index in [0.717, 1.165) is 19.5 Å². The second-order valence-electron chi connectivity index (χ2n) is 5.30. The molecule has 0 aliphatic carbocycles. The van der Waals surface area contributed by atoms with Crippen LogP contribution < -0.4 is 5.32 Å². The number of halogens is 2. The van der Waals surface area contributed by atoms with Crippen molar-refractivity contribution in [3.63, 3.8) is 0 Å². The zero-order chi connectivity index (χ0) is 15.1. The van der Waals surface area contributed by atoms with Crippen molar-refractivity contribution in [3.05, 3.63) is 70.5 Å². The van der Waals surface area contributed by atoms with Crippen LogP contribution in [-0.4, -0.2) is 13.1 Å². The highest BCUT2D eigenvalue weighted by molar-refractivity contribution is 6.30. The third-order valence-corrected chi connectivity index (χ3v) is 3.80. The van der Waals surface area contributed by atoms with Gasteiger partial charge in [0, 0.05) is 5.02 Å². The van der Waals surface area contributed by atoms with E-state index in [1.807, 2.05) is 18.2 Å². The van der Waals surface area contributed by atoms with Gasteiger partial charge in [0.05, 0.1) is 0 Å². The van der Waals surface area contributed by atoms with Gasteiger partial charge < -0.3 is 5.32 Å². The maximum Gasteiger partial charge on any atom is 0.126 e. The molecule has 0 spiro atoms. The fourth-order valence-electron chi connectivity index (χ4n) is 2.52. The molecule has 0 aliphatic heterocycles. The topological polar surface area (TPSA) is 12.0 Å². The summed E-state index contributed by atoms with van der Waals surface area (Å²) in [6.45, 7) is 3.88. The van der Waals surface area contributed by atoms with Crippen LogP contribution in [0.1, 0.15) is 18.1 Å². The predicted octanol–water partition coefficient (Wildman–Crippen LogP) is 4.49. The normalized spacial score (nSPS) is 12.3. The molecular formula is C18H21ClFN. The highest BCUT2D eigenvalue weighted by Crippen LogP contribution is 2.20. The standard InChI is InChI=1S/C18H21ClFN/c1-2-21-13-15(10-14-6-4-3-5-7-14)11-16-12-17(19)8-9-18(16)20/h3-9,12,15,21H,2,10-11,13H2,1H3. The summed E-state index contributed by atoms with van der Waals surface area (Å²) < 4.78 is 13.9. The van der Waals surface area contributed by atoms with Crippen molar-refractivity contribution < 1.29 is 4.39 Å². The lowest BCUT2D eigenvalue weighted by molar-refractivity contribution is 0.467. The third-order valence-electron chi connectivity index (χ3n) is 3.57. The summed E-state index contributed by atoms with van der Waals surface area (Å²) in [5, 5.41) is 3.96. The molecule has 2 aromatic rings. The van der Waals surface area contributed by atoms with Gasteiger partial charge in [-0.25, -0.2) is 4.39 Å². The minimum Gasteiger partial charge on any atom is -0.317 e. The Hall–Kier alpha value is -1.38. The first-order chi connectivity index (χ1) is 10.2. The SMILES string of the molecule is CCNCC(Cc1ccccc1)Cc1cc(Cl)ccc1F. The molecule has 1 atom stereocenters. The lowest BCUT2D eigenvalue weighted by Crippen LogP contribution is -2.26. The van der Waals surface area contributed by atoms with Gasteiger partial charge in [0.15, 0.2) is 0 Å². The molecule has 0 bridgehead atoms. The summed E-state index contributed by atoms with van der Waals surface area (Å²) in [6, 6.07) is 15.1. The molecular weight excluding hydrogens is 285 g/mol. The Morgan fingerprint density at radius 3 is 2.57 bits per heavy atom. The highest BCUT2D eigenvalue weighted by Gasteiger charge is 2.13. The van der Waals surface area contributed by atoms with Gasteiger partial charge in [-0.2, -0.15) is 0 Å². The van der Waals surface area contributed by atoms with Crippen molar-refractivity contribution in [1.82, 2.24) is 5.32 Å². The molecule has 2 rings (SSSR count). The Balaban J connectivity index is 2.10. The summed E-state index contributed by atoms with van der Waals surface area (Å²) in [5.41, 5.74) is 1.98. The van der Waals surface area contributed by atoms with Crippen LogP contribution in [0.15, 0.2) is 48.5 Å². The molecule has 3 heteroatoms. The van der Waals surface area contributed by atoms with E-state index in [1.165, 1.54) is 11.6 Å². The Labute approximate surface area is 131 Å². The van der Waals surface area contributed by atoms with Crippen LogP contribution in [0.5, 0.6) is 0 Å². The van der Waals surface area contributed by atoms with Gasteiger partial charge in [-0.05, 0) is 61.2 Å². The number of rotatable bonds is 7. The smallest absolute Gasteiger partial charge is 0.126 e. The molecule has 0 radical (unpaired) electrons. The first-order valence-corrected chi connectivity index (χ1v) is 7.75. The average Bonchev–Trinajstić information content (AvgIpc) is 2.49. The highest BCUT2D eigenvalue weighted by atomic mass is 35.5. The van der Waals surface area contributed by atoms with E-state index in [9.17, 15) is 4.39 Å². The van der Waals surface area contributed by atoms with E-state index in [1.54, 1.807) is 12.1 Å².